The van der Waals surface area contributed by atoms with E-state index >= 15 is 0 Å². The lowest BCUT2D eigenvalue weighted by Gasteiger charge is -2.33. The molecule has 1 atom stereocenters. The average Bonchev–Trinajstić information content (AvgIpc) is 2.29. The highest BCUT2D eigenvalue weighted by Crippen LogP contribution is 2.40. The van der Waals surface area contributed by atoms with Gasteiger partial charge < -0.3 is 4.90 Å². The molecule has 0 fully saturated rings. The molecule has 1 aromatic rings. The van der Waals surface area contributed by atoms with Gasteiger partial charge in [0.15, 0.2) is 0 Å². The van der Waals surface area contributed by atoms with Gasteiger partial charge in [0, 0.05) is 15.9 Å². The Hall–Kier alpha value is -0.480. The van der Waals surface area contributed by atoms with Gasteiger partial charge in [-0.15, -0.1) is 11.8 Å². The molecule has 98 valence electrons. The van der Waals surface area contributed by atoms with Crippen molar-refractivity contribution in [3.63, 3.8) is 0 Å². The minimum absolute atomic E-state index is 0.0129. The molecule has 1 amide bonds. The molecule has 0 N–H and O–H groups in total. The highest BCUT2D eigenvalue weighted by atomic mass is 79.9. The summed E-state index contributed by atoms with van der Waals surface area (Å²) >= 11 is 5.14. The number of carbonyl (C=O) groups excluding carboxylic acids is 1. The Morgan fingerprint density at radius 3 is 2.83 bits per heavy atom. The monoisotopic (exact) mass is 327 g/mol. The molecule has 0 aromatic heterocycles. The van der Waals surface area contributed by atoms with Crippen molar-refractivity contribution < 1.29 is 4.79 Å². The summed E-state index contributed by atoms with van der Waals surface area (Å²) in [5.74, 6) is 0.844. The predicted octanol–water partition coefficient (Wildman–Crippen LogP) is 4.32. The summed E-state index contributed by atoms with van der Waals surface area (Å²) in [6.45, 7) is 7.18. The molecule has 4 heteroatoms. The van der Waals surface area contributed by atoms with E-state index < -0.39 is 0 Å². The smallest absolute Gasteiger partial charge is 0.240 e. The van der Waals surface area contributed by atoms with E-state index in [0.29, 0.717) is 5.92 Å². The molecule has 1 unspecified atom stereocenters. The van der Waals surface area contributed by atoms with Gasteiger partial charge in [0.25, 0.3) is 0 Å². The van der Waals surface area contributed by atoms with Gasteiger partial charge in [-0.25, -0.2) is 0 Å². The highest BCUT2D eigenvalue weighted by Gasteiger charge is 2.30. The second-order valence-corrected chi connectivity index (χ2v) is 7.34. The summed E-state index contributed by atoms with van der Waals surface area (Å²) < 4.78 is 1.07. The number of rotatable bonds is 3. The normalized spacial score (nSPS) is 19.3. The fraction of sp³-hybridized carbons (Fsp3) is 0.500. The van der Waals surface area contributed by atoms with E-state index in [1.165, 1.54) is 4.90 Å². The fourth-order valence-electron chi connectivity index (χ4n) is 2.00. The topological polar surface area (TPSA) is 20.3 Å². The van der Waals surface area contributed by atoms with Crippen LogP contribution >= 0.6 is 27.7 Å². The molecule has 1 heterocycles. The minimum Gasteiger partial charge on any atom is -0.310 e. The van der Waals surface area contributed by atoms with E-state index in [0.717, 1.165) is 23.1 Å². The molecule has 18 heavy (non-hydrogen) atoms. The Morgan fingerprint density at radius 2 is 2.17 bits per heavy atom. The molecule has 0 radical (unpaired) electrons. The van der Waals surface area contributed by atoms with E-state index in [4.69, 9.17) is 0 Å². The lowest BCUT2D eigenvalue weighted by atomic mass is 10.1. The number of carbonyl (C=O) groups is 1. The summed E-state index contributed by atoms with van der Waals surface area (Å²) in [5.41, 5.74) is 1.06. The zero-order valence-electron chi connectivity index (χ0n) is 10.9. The van der Waals surface area contributed by atoms with E-state index in [-0.39, 0.29) is 11.2 Å². The Morgan fingerprint density at radius 1 is 1.44 bits per heavy atom. The number of fused-ring (bicyclic) bond motifs is 1. The number of thioether (sulfide) groups is 1. The van der Waals surface area contributed by atoms with Crippen LogP contribution in [0.4, 0.5) is 5.69 Å². The Balaban J connectivity index is 2.30. The lowest BCUT2D eigenvalue weighted by Crippen LogP contribution is -2.40. The van der Waals surface area contributed by atoms with Crippen molar-refractivity contribution in [3.05, 3.63) is 22.7 Å². The molecule has 0 bridgehead atoms. The first-order chi connectivity index (χ1) is 8.49. The SMILES string of the molecule is CC(C)CCN1C(=O)C(C)Sc2cc(Br)ccc21. The quantitative estimate of drug-likeness (QED) is 0.823. The van der Waals surface area contributed by atoms with Crippen LogP contribution in [0.1, 0.15) is 27.2 Å². The zero-order valence-corrected chi connectivity index (χ0v) is 13.3. The van der Waals surface area contributed by atoms with Gasteiger partial charge in [-0.2, -0.15) is 0 Å². The second-order valence-electron chi connectivity index (χ2n) is 5.04. The van der Waals surface area contributed by atoms with Crippen molar-refractivity contribution >= 4 is 39.3 Å². The molecule has 1 aliphatic rings. The average molecular weight is 328 g/mol. The first-order valence-electron chi connectivity index (χ1n) is 6.26. The van der Waals surface area contributed by atoms with Crippen LogP contribution in [0.5, 0.6) is 0 Å². The Kier molecular flexibility index (Phi) is 4.38. The number of hydrogen-bond donors (Lipinski definition) is 0. The third kappa shape index (κ3) is 2.91. The Labute approximate surface area is 121 Å². The highest BCUT2D eigenvalue weighted by molar-refractivity contribution is 9.10. The summed E-state index contributed by atoms with van der Waals surface area (Å²) in [7, 11) is 0. The number of nitrogens with zero attached hydrogens (tertiary/aromatic N) is 1. The van der Waals surface area contributed by atoms with Crippen LogP contribution in [-0.2, 0) is 4.79 Å². The number of benzene rings is 1. The maximum Gasteiger partial charge on any atom is 0.240 e. The molecule has 0 saturated carbocycles. The standard InChI is InChI=1S/C14H18BrNOS/c1-9(2)6-7-16-12-5-4-11(15)8-13(12)18-10(3)14(16)17/h4-5,8-10H,6-7H2,1-3H3. The van der Waals surface area contributed by atoms with Crippen molar-refractivity contribution in [1.82, 2.24) is 0 Å². The van der Waals surface area contributed by atoms with Crippen LogP contribution in [0.25, 0.3) is 0 Å². The molecule has 0 aliphatic carbocycles. The summed E-state index contributed by atoms with van der Waals surface area (Å²) in [4.78, 5) is 15.4. The van der Waals surface area contributed by atoms with E-state index in [9.17, 15) is 4.79 Å². The molecule has 2 nitrogen and oxygen atoms in total. The zero-order chi connectivity index (χ0) is 13.3. The van der Waals surface area contributed by atoms with Gasteiger partial charge in [-0.3, -0.25) is 4.79 Å². The molecule has 0 spiro atoms. The molecule has 2 rings (SSSR count). The fourth-order valence-corrected chi connectivity index (χ4v) is 3.62. The van der Waals surface area contributed by atoms with Gasteiger partial charge in [-0.1, -0.05) is 29.8 Å². The maximum absolute atomic E-state index is 12.3. The van der Waals surface area contributed by atoms with E-state index in [1.54, 1.807) is 11.8 Å². The van der Waals surface area contributed by atoms with Crippen molar-refractivity contribution in [3.8, 4) is 0 Å². The summed E-state index contributed by atoms with van der Waals surface area (Å²) in [6.07, 6.45) is 1.04. The molecule has 1 aliphatic heterocycles. The molecular weight excluding hydrogens is 310 g/mol. The molecule has 1 aromatic carbocycles. The van der Waals surface area contributed by atoms with Gasteiger partial charge in [-0.05, 0) is 37.5 Å². The van der Waals surface area contributed by atoms with Gasteiger partial charge in [0.05, 0.1) is 10.9 Å². The van der Waals surface area contributed by atoms with Crippen molar-refractivity contribution in [2.45, 2.75) is 37.3 Å². The lowest BCUT2D eigenvalue weighted by molar-refractivity contribution is -0.118. The van der Waals surface area contributed by atoms with Crippen LogP contribution in [0.15, 0.2) is 27.6 Å². The van der Waals surface area contributed by atoms with Crippen LogP contribution in [0.3, 0.4) is 0 Å². The molecular formula is C14H18BrNOS. The van der Waals surface area contributed by atoms with Crippen LogP contribution in [0.2, 0.25) is 0 Å². The Bertz CT molecular complexity index is 461. The first-order valence-corrected chi connectivity index (χ1v) is 7.94. The summed E-state index contributed by atoms with van der Waals surface area (Å²) in [6, 6.07) is 6.15. The van der Waals surface area contributed by atoms with E-state index in [2.05, 4.69) is 35.8 Å². The maximum atomic E-state index is 12.3. The molecule has 0 saturated heterocycles. The number of halogens is 1. The first kappa shape index (κ1) is 13.9. The summed E-state index contributed by atoms with van der Waals surface area (Å²) in [5, 5.41) is 0.0129. The largest absolute Gasteiger partial charge is 0.310 e. The van der Waals surface area contributed by atoms with Crippen molar-refractivity contribution in [2.24, 2.45) is 5.92 Å². The predicted molar refractivity (Wildman–Crippen MR) is 81.3 cm³/mol. The van der Waals surface area contributed by atoms with Gasteiger partial charge >= 0.3 is 0 Å². The van der Waals surface area contributed by atoms with Crippen LogP contribution in [0, 0.1) is 5.92 Å². The van der Waals surface area contributed by atoms with Gasteiger partial charge in [0.2, 0.25) is 5.91 Å². The van der Waals surface area contributed by atoms with Crippen LogP contribution in [-0.4, -0.2) is 17.7 Å². The number of hydrogen-bond acceptors (Lipinski definition) is 2. The third-order valence-corrected chi connectivity index (χ3v) is 4.69. The van der Waals surface area contributed by atoms with Gasteiger partial charge in [0.1, 0.15) is 0 Å². The third-order valence-electron chi connectivity index (χ3n) is 3.06. The van der Waals surface area contributed by atoms with Crippen molar-refractivity contribution in [1.29, 1.82) is 0 Å². The minimum atomic E-state index is 0.0129. The second kappa shape index (κ2) is 5.66. The number of amides is 1. The van der Waals surface area contributed by atoms with E-state index in [1.807, 2.05) is 24.0 Å². The van der Waals surface area contributed by atoms with Crippen LogP contribution < -0.4 is 4.90 Å². The van der Waals surface area contributed by atoms with Crippen molar-refractivity contribution in [2.75, 3.05) is 11.4 Å². The number of anilines is 1.